The summed E-state index contributed by atoms with van der Waals surface area (Å²) < 4.78 is 45.8. The van der Waals surface area contributed by atoms with Crippen LogP contribution in [0.3, 0.4) is 0 Å². The molecule has 1 aromatic rings. The van der Waals surface area contributed by atoms with Gasteiger partial charge in [-0.3, -0.25) is 0 Å². The molecule has 0 fully saturated rings. The first kappa shape index (κ1) is 9.97. The van der Waals surface area contributed by atoms with E-state index in [9.17, 15) is 17.2 Å². The molecule has 0 atom stereocenters. The summed E-state index contributed by atoms with van der Waals surface area (Å²) >= 11 is 0. The molecule has 0 aliphatic heterocycles. The number of hydrogen-bond donors (Lipinski definition) is 0. The summed E-state index contributed by atoms with van der Waals surface area (Å²) in [6.07, 6.45) is -1.09. The second-order valence-electron chi connectivity index (χ2n) is 2.35. The number of hydrogen-bond acceptors (Lipinski definition) is 4. The first-order chi connectivity index (χ1) is 5.91. The van der Waals surface area contributed by atoms with Gasteiger partial charge in [0.25, 0.3) is 6.43 Å². The zero-order valence-electron chi connectivity index (χ0n) is 6.61. The van der Waals surface area contributed by atoms with Crippen LogP contribution in [-0.2, 0) is 9.84 Å². The fourth-order valence-electron chi connectivity index (χ4n) is 0.676. The van der Waals surface area contributed by atoms with Crippen LogP contribution < -0.4 is 0 Å². The minimum atomic E-state index is -3.54. The Kier molecular flexibility index (Phi) is 2.55. The maximum Gasteiger partial charge on any atom is 0.280 e. The third-order valence-corrected chi connectivity index (χ3v) is 2.25. The minimum absolute atomic E-state index is 0.391. The molecule has 1 heterocycles. The summed E-state index contributed by atoms with van der Waals surface area (Å²) in [6, 6.07) is 0.764. The second-order valence-corrected chi connectivity index (χ2v) is 4.32. The van der Waals surface area contributed by atoms with Crippen molar-refractivity contribution in [1.82, 2.24) is 9.97 Å². The molecule has 7 heteroatoms. The molecule has 0 amide bonds. The van der Waals surface area contributed by atoms with Gasteiger partial charge in [0.15, 0.2) is 14.9 Å². The van der Waals surface area contributed by atoms with Crippen LogP contribution in [0.4, 0.5) is 8.78 Å². The average Bonchev–Trinajstić information content (AvgIpc) is 2.03. The summed E-state index contributed by atoms with van der Waals surface area (Å²) in [6.45, 7) is 0. The van der Waals surface area contributed by atoms with E-state index in [-0.39, 0.29) is 0 Å². The van der Waals surface area contributed by atoms with Gasteiger partial charge < -0.3 is 0 Å². The number of sulfone groups is 1. The van der Waals surface area contributed by atoms with Gasteiger partial charge in [-0.05, 0) is 0 Å². The van der Waals surface area contributed by atoms with Crippen LogP contribution in [-0.4, -0.2) is 24.6 Å². The van der Waals surface area contributed by atoms with E-state index >= 15 is 0 Å². The zero-order valence-corrected chi connectivity index (χ0v) is 7.42. The smallest absolute Gasteiger partial charge is 0.235 e. The van der Waals surface area contributed by atoms with E-state index in [1.165, 1.54) is 0 Å². The van der Waals surface area contributed by atoms with E-state index in [1.54, 1.807) is 0 Å². The Morgan fingerprint density at radius 3 is 2.46 bits per heavy atom. The predicted octanol–water partition coefficient (Wildman–Crippen LogP) is 0.818. The minimum Gasteiger partial charge on any atom is -0.235 e. The van der Waals surface area contributed by atoms with Crippen molar-refractivity contribution in [3.8, 4) is 0 Å². The van der Waals surface area contributed by atoms with Gasteiger partial charge in [-0.2, -0.15) is 0 Å². The fourth-order valence-corrected chi connectivity index (χ4v) is 1.25. The van der Waals surface area contributed by atoms with Crippen molar-refractivity contribution in [2.75, 3.05) is 6.26 Å². The summed E-state index contributed by atoms with van der Waals surface area (Å²) in [5.41, 5.74) is -0.588. The molecule has 13 heavy (non-hydrogen) atoms. The van der Waals surface area contributed by atoms with Crippen molar-refractivity contribution in [2.24, 2.45) is 0 Å². The molecule has 1 aromatic heterocycles. The highest BCUT2D eigenvalue weighted by Gasteiger charge is 2.14. The molecule has 0 bridgehead atoms. The highest BCUT2D eigenvalue weighted by atomic mass is 32.2. The standard InChI is InChI=1S/C6H6F2N2O2S/c1-13(11,12)5-2-4(6(7)8)9-3-10-5/h2-3,6H,1H3. The summed E-state index contributed by atoms with van der Waals surface area (Å²) in [5.74, 6) is 0. The summed E-state index contributed by atoms with van der Waals surface area (Å²) in [5, 5.41) is -0.391. The lowest BCUT2D eigenvalue weighted by Gasteiger charge is -1.99. The van der Waals surface area contributed by atoms with Gasteiger partial charge >= 0.3 is 0 Å². The van der Waals surface area contributed by atoms with Crippen LogP contribution in [0.25, 0.3) is 0 Å². The largest absolute Gasteiger partial charge is 0.280 e. The lowest BCUT2D eigenvalue weighted by atomic mass is 10.4. The highest BCUT2D eigenvalue weighted by molar-refractivity contribution is 7.90. The monoisotopic (exact) mass is 208 g/mol. The topological polar surface area (TPSA) is 59.9 Å². The number of halogens is 2. The van der Waals surface area contributed by atoms with E-state index in [4.69, 9.17) is 0 Å². The number of nitrogens with zero attached hydrogens (tertiary/aromatic N) is 2. The van der Waals surface area contributed by atoms with Gasteiger partial charge in [-0.1, -0.05) is 0 Å². The van der Waals surface area contributed by atoms with Crippen molar-refractivity contribution in [1.29, 1.82) is 0 Å². The molecule has 1 rings (SSSR count). The van der Waals surface area contributed by atoms with Crippen molar-refractivity contribution < 1.29 is 17.2 Å². The SMILES string of the molecule is CS(=O)(=O)c1cc(C(F)F)ncn1. The van der Waals surface area contributed by atoms with E-state index in [1.807, 2.05) is 0 Å². The highest BCUT2D eigenvalue weighted by Crippen LogP contribution is 2.17. The molecule has 0 aliphatic rings. The molecule has 0 saturated heterocycles. The molecule has 72 valence electrons. The van der Waals surface area contributed by atoms with Crippen LogP contribution in [0.15, 0.2) is 17.4 Å². The average molecular weight is 208 g/mol. The van der Waals surface area contributed by atoms with Crippen LogP contribution in [0.5, 0.6) is 0 Å². The van der Waals surface area contributed by atoms with Gasteiger partial charge in [0.2, 0.25) is 0 Å². The van der Waals surface area contributed by atoms with Gasteiger partial charge in [-0.15, -0.1) is 0 Å². The maximum absolute atomic E-state index is 12.1. The molecule has 0 spiro atoms. The number of alkyl halides is 2. The Balaban J connectivity index is 3.21. The Bertz CT molecular complexity index is 405. The lowest BCUT2D eigenvalue weighted by molar-refractivity contribution is 0.145. The molecule has 0 saturated carbocycles. The van der Waals surface area contributed by atoms with Gasteiger partial charge in [0.05, 0.1) is 0 Å². The third-order valence-electron chi connectivity index (χ3n) is 1.27. The quantitative estimate of drug-likeness (QED) is 0.675. The summed E-state index contributed by atoms with van der Waals surface area (Å²) in [7, 11) is -3.54. The predicted molar refractivity (Wildman–Crippen MR) is 40.1 cm³/mol. The van der Waals surface area contributed by atoms with E-state index in [0.29, 0.717) is 0 Å². The number of aromatic nitrogens is 2. The molecule has 4 nitrogen and oxygen atoms in total. The molecular formula is C6H6F2N2O2S. The molecule has 0 aromatic carbocycles. The maximum atomic E-state index is 12.1. The first-order valence-corrected chi connectivity index (χ1v) is 5.10. The number of rotatable bonds is 2. The molecule has 0 N–H and O–H groups in total. The Hall–Kier alpha value is -1.11. The summed E-state index contributed by atoms with van der Waals surface area (Å²) in [4.78, 5) is 6.59. The van der Waals surface area contributed by atoms with E-state index in [0.717, 1.165) is 18.6 Å². The molecule has 0 radical (unpaired) electrons. The Labute approximate surface area is 73.6 Å². The van der Waals surface area contributed by atoms with Crippen molar-refractivity contribution >= 4 is 9.84 Å². The lowest BCUT2D eigenvalue weighted by Crippen LogP contribution is -2.03. The Morgan fingerprint density at radius 2 is 2.00 bits per heavy atom. The van der Waals surface area contributed by atoms with Crippen molar-refractivity contribution in [3.05, 3.63) is 18.1 Å². The van der Waals surface area contributed by atoms with Crippen molar-refractivity contribution in [3.63, 3.8) is 0 Å². The Morgan fingerprint density at radius 1 is 1.38 bits per heavy atom. The van der Waals surface area contributed by atoms with Gasteiger partial charge in [0.1, 0.15) is 12.0 Å². The molecular weight excluding hydrogens is 202 g/mol. The second kappa shape index (κ2) is 3.33. The zero-order chi connectivity index (χ0) is 10.1. The van der Waals surface area contributed by atoms with Gasteiger partial charge in [0, 0.05) is 12.3 Å². The van der Waals surface area contributed by atoms with Gasteiger partial charge in [-0.25, -0.2) is 27.2 Å². The molecule has 0 aliphatic carbocycles. The molecule has 0 unspecified atom stereocenters. The van der Waals surface area contributed by atoms with Crippen LogP contribution in [0, 0.1) is 0 Å². The van der Waals surface area contributed by atoms with E-state index in [2.05, 4.69) is 9.97 Å². The van der Waals surface area contributed by atoms with Crippen LogP contribution >= 0.6 is 0 Å². The normalized spacial score (nSPS) is 12.0. The van der Waals surface area contributed by atoms with Crippen molar-refractivity contribution in [2.45, 2.75) is 11.5 Å². The van der Waals surface area contributed by atoms with E-state index < -0.39 is 27.0 Å². The van der Waals surface area contributed by atoms with Crippen LogP contribution in [0.2, 0.25) is 0 Å². The third kappa shape index (κ3) is 2.41. The first-order valence-electron chi connectivity index (χ1n) is 3.21. The fraction of sp³-hybridized carbons (Fsp3) is 0.333. The van der Waals surface area contributed by atoms with Crippen LogP contribution in [0.1, 0.15) is 12.1 Å².